The lowest BCUT2D eigenvalue weighted by Crippen LogP contribution is -2.09. The third-order valence-corrected chi connectivity index (χ3v) is 2.72. The number of carbonyl (C=O) groups is 1. The van der Waals surface area contributed by atoms with Crippen LogP contribution in [0.25, 0.3) is 0 Å². The molecule has 0 saturated heterocycles. The van der Waals surface area contributed by atoms with Crippen LogP contribution in [0.4, 0.5) is 4.79 Å². The molecule has 4 heteroatoms. The van der Waals surface area contributed by atoms with Gasteiger partial charge in [-0.15, -0.1) is 0 Å². The maximum atomic E-state index is 10.6. The highest BCUT2D eigenvalue weighted by atomic mass is 32.2. The van der Waals surface area contributed by atoms with E-state index in [0.717, 1.165) is 5.56 Å². The van der Waals surface area contributed by atoms with Crippen LogP contribution >= 0.6 is 11.2 Å². The number of carbonyl (C=O) groups excluding carboxylic acids is 1. The molecule has 72 valence electrons. The first-order valence-electron chi connectivity index (χ1n) is 3.90. The zero-order chi connectivity index (χ0) is 9.68. The molecule has 0 spiro atoms. The van der Waals surface area contributed by atoms with E-state index in [1.165, 1.54) is 0 Å². The van der Waals surface area contributed by atoms with Crippen molar-refractivity contribution in [3.05, 3.63) is 35.9 Å². The van der Waals surface area contributed by atoms with Gasteiger partial charge in [0, 0.05) is 0 Å². The molecule has 2 N–H and O–H groups in total. The Balaban J connectivity index is 2.39. The smallest absolute Gasteiger partial charge is 0.278 e. The quantitative estimate of drug-likeness (QED) is 0.730. The number of hydrogen-bond donors (Lipinski definition) is 2. The summed E-state index contributed by atoms with van der Waals surface area (Å²) in [6.07, 6.45) is 1.71. The van der Waals surface area contributed by atoms with E-state index in [1.54, 1.807) is 6.26 Å². The predicted octanol–water partition coefficient (Wildman–Crippen LogP) is 1.83. The predicted molar refractivity (Wildman–Crippen MR) is 55.7 cm³/mol. The van der Waals surface area contributed by atoms with E-state index in [2.05, 4.69) is 0 Å². The van der Waals surface area contributed by atoms with Crippen molar-refractivity contribution in [2.45, 2.75) is 6.61 Å². The minimum atomic E-state index is -1.12. The molecule has 1 aromatic rings. The molecule has 1 unspecified atom stereocenters. The van der Waals surface area contributed by atoms with Crippen LogP contribution in [0.15, 0.2) is 30.3 Å². The maximum Gasteiger partial charge on any atom is 0.278 e. The minimum absolute atomic E-state index is 0.370. The first kappa shape index (κ1) is 10.1. The Hall–Kier alpha value is -1.00. The fourth-order valence-corrected chi connectivity index (χ4v) is 1.28. The van der Waals surface area contributed by atoms with Gasteiger partial charge in [0.1, 0.15) is 0 Å². The third-order valence-electron chi connectivity index (χ3n) is 1.58. The van der Waals surface area contributed by atoms with Gasteiger partial charge < -0.3 is 9.92 Å². The molecule has 0 heterocycles. The van der Waals surface area contributed by atoms with E-state index in [9.17, 15) is 4.79 Å². The molecule has 1 amide bonds. The average molecular weight is 199 g/mol. The molecule has 0 radical (unpaired) electrons. The van der Waals surface area contributed by atoms with Crippen molar-refractivity contribution >= 4 is 16.4 Å². The van der Waals surface area contributed by atoms with E-state index in [-0.39, 0.29) is 5.24 Å². The van der Waals surface area contributed by atoms with Crippen LogP contribution < -0.4 is 5.73 Å². The third kappa shape index (κ3) is 3.48. The fraction of sp³-hybridized carbons (Fsp3) is 0.222. The van der Waals surface area contributed by atoms with Crippen molar-refractivity contribution in [3.63, 3.8) is 0 Å². The van der Waals surface area contributed by atoms with Gasteiger partial charge >= 0.3 is 0 Å². The molecular weight excluding hydrogens is 186 g/mol. The minimum Gasteiger partial charge on any atom is -0.360 e. The molecule has 0 saturated carbocycles. The number of rotatable bonds is 3. The van der Waals surface area contributed by atoms with Crippen molar-refractivity contribution in [2.75, 3.05) is 6.26 Å². The molecule has 13 heavy (non-hydrogen) atoms. The molecule has 3 nitrogen and oxygen atoms in total. The topological polar surface area (TPSA) is 52.3 Å². The summed E-state index contributed by atoms with van der Waals surface area (Å²) >= 11 is -1.12. The number of hydrogen-bond acceptors (Lipinski definition) is 2. The Morgan fingerprint density at radius 2 is 2.08 bits per heavy atom. The summed E-state index contributed by atoms with van der Waals surface area (Å²) in [5, 5.41) is -0.370. The average Bonchev–Trinajstić information content (AvgIpc) is 2.15. The number of primary amides is 1. The summed E-state index contributed by atoms with van der Waals surface area (Å²) in [6.45, 7) is 0.450. The van der Waals surface area contributed by atoms with E-state index < -0.39 is 11.2 Å². The van der Waals surface area contributed by atoms with E-state index >= 15 is 0 Å². The fourth-order valence-electron chi connectivity index (χ4n) is 0.809. The number of benzene rings is 1. The van der Waals surface area contributed by atoms with Gasteiger partial charge in [-0.2, -0.15) is 0 Å². The van der Waals surface area contributed by atoms with Crippen molar-refractivity contribution in [1.29, 1.82) is 0 Å². The van der Waals surface area contributed by atoms with Gasteiger partial charge in [0.15, 0.2) is 0 Å². The van der Waals surface area contributed by atoms with Gasteiger partial charge in [-0.3, -0.25) is 4.79 Å². The van der Waals surface area contributed by atoms with Crippen molar-refractivity contribution < 1.29 is 8.98 Å². The van der Waals surface area contributed by atoms with E-state index in [4.69, 9.17) is 9.92 Å². The number of thiol groups is 1. The maximum absolute atomic E-state index is 10.6. The summed E-state index contributed by atoms with van der Waals surface area (Å²) in [5.74, 6) is 0. The lowest BCUT2D eigenvalue weighted by atomic mass is 10.2. The molecule has 0 aromatic heterocycles. The van der Waals surface area contributed by atoms with Gasteiger partial charge in [0.2, 0.25) is 0 Å². The highest BCUT2D eigenvalue weighted by Crippen LogP contribution is 2.22. The zero-order valence-electron chi connectivity index (χ0n) is 7.43. The van der Waals surface area contributed by atoms with Crippen molar-refractivity contribution in [1.82, 2.24) is 0 Å². The monoisotopic (exact) mass is 199 g/mol. The second-order valence-electron chi connectivity index (χ2n) is 2.59. The Morgan fingerprint density at radius 3 is 2.62 bits per heavy atom. The molecule has 0 aliphatic heterocycles. The lowest BCUT2D eigenvalue weighted by Gasteiger charge is -2.12. The standard InChI is InChI=1S/C9H13NO2S/c1-13(9(10)11)12-7-8-5-3-2-4-6-8/h2-6,13H,7H2,1H3,(H2,10,11). The zero-order valence-corrected chi connectivity index (χ0v) is 8.33. The van der Waals surface area contributed by atoms with Crippen LogP contribution in [0.3, 0.4) is 0 Å². The van der Waals surface area contributed by atoms with Crippen LogP contribution in [0.1, 0.15) is 5.56 Å². The Bertz CT molecular complexity index is 276. The molecule has 1 atom stereocenters. The molecule has 0 fully saturated rings. The Morgan fingerprint density at radius 1 is 1.46 bits per heavy atom. The first-order valence-corrected chi connectivity index (χ1v) is 5.61. The van der Waals surface area contributed by atoms with Gasteiger partial charge in [-0.1, -0.05) is 41.5 Å². The second-order valence-corrected chi connectivity index (χ2v) is 4.29. The largest absolute Gasteiger partial charge is 0.360 e. The molecule has 0 aliphatic carbocycles. The summed E-state index contributed by atoms with van der Waals surface area (Å²) in [4.78, 5) is 10.6. The number of amides is 1. The second kappa shape index (κ2) is 4.89. The van der Waals surface area contributed by atoms with Crippen LogP contribution in [0.5, 0.6) is 0 Å². The van der Waals surface area contributed by atoms with Gasteiger partial charge in [-0.05, 0) is 11.8 Å². The van der Waals surface area contributed by atoms with Crippen LogP contribution in [-0.2, 0) is 10.8 Å². The van der Waals surface area contributed by atoms with E-state index in [0.29, 0.717) is 6.61 Å². The molecule has 0 bridgehead atoms. The van der Waals surface area contributed by atoms with Crippen LogP contribution in [0, 0.1) is 0 Å². The van der Waals surface area contributed by atoms with Gasteiger partial charge in [0.05, 0.1) is 6.61 Å². The molecule has 0 aliphatic rings. The summed E-state index contributed by atoms with van der Waals surface area (Å²) in [5.41, 5.74) is 6.12. The lowest BCUT2D eigenvalue weighted by molar-refractivity contribution is 0.263. The van der Waals surface area contributed by atoms with Crippen molar-refractivity contribution in [2.24, 2.45) is 5.73 Å². The molecular formula is C9H13NO2S. The summed E-state index contributed by atoms with van der Waals surface area (Å²) < 4.78 is 5.28. The number of nitrogens with two attached hydrogens (primary N) is 1. The highest BCUT2D eigenvalue weighted by Gasteiger charge is 2.03. The first-order chi connectivity index (χ1) is 6.20. The SMILES string of the molecule is C[SH](OCc1ccccc1)C(N)=O. The molecule has 1 rings (SSSR count). The van der Waals surface area contributed by atoms with Gasteiger partial charge in [-0.25, -0.2) is 0 Å². The summed E-state index contributed by atoms with van der Waals surface area (Å²) in [6, 6.07) is 9.70. The van der Waals surface area contributed by atoms with Gasteiger partial charge in [0.25, 0.3) is 5.24 Å². The van der Waals surface area contributed by atoms with E-state index in [1.807, 2.05) is 30.3 Å². The highest BCUT2D eigenvalue weighted by molar-refractivity contribution is 8.25. The summed E-state index contributed by atoms with van der Waals surface area (Å²) in [7, 11) is 0. The Kier molecular flexibility index (Phi) is 3.79. The van der Waals surface area contributed by atoms with Crippen LogP contribution in [0.2, 0.25) is 0 Å². The van der Waals surface area contributed by atoms with Crippen molar-refractivity contribution in [3.8, 4) is 0 Å². The normalized spacial score (nSPS) is 13.8. The Labute approximate surface area is 80.4 Å². The molecule has 1 aromatic carbocycles. The van der Waals surface area contributed by atoms with Crippen LogP contribution in [-0.4, -0.2) is 11.5 Å².